The number of benzene rings is 1. The van der Waals surface area contributed by atoms with Crippen LogP contribution in [-0.2, 0) is 0 Å². The molecule has 80 valence electrons. The van der Waals surface area contributed by atoms with Crippen LogP contribution in [-0.4, -0.2) is 6.18 Å². The van der Waals surface area contributed by atoms with Crippen molar-refractivity contribution in [1.29, 1.82) is 5.26 Å². The lowest BCUT2D eigenvalue weighted by Gasteiger charge is -2.12. The van der Waals surface area contributed by atoms with E-state index in [4.69, 9.17) is 5.26 Å². The van der Waals surface area contributed by atoms with Crippen LogP contribution in [0.25, 0.3) is 0 Å². The highest BCUT2D eigenvalue weighted by Crippen LogP contribution is 2.36. The van der Waals surface area contributed by atoms with E-state index in [0.29, 0.717) is 18.2 Å². The van der Waals surface area contributed by atoms with E-state index >= 15 is 0 Å². The Bertz CT molecular complexity index is 404. The first-order chi connectivity index (χ1) is 6.86. The molecule has 0 saturated heterocycles. The molecule has 1 unspecified atom stereocenters. The van der Waals surface area contributed by atoms with Gasteiger partial charge in [0.1, 0.15) is 11.9 Å². The van der Waals surface area contributed by atoms with Gasteiger partial charge in [0.05, 0.1) is 5.56 Å². The molecule has 0 bridgehead atoms. The summed E-state index contributed by atoms with van der Waals surface area (Å²) in [5, 5.41) is 8.33. The van der Waals surface area contributed by atoms with Crippen molar-refractivity contribution in [2.45, 2.75) is 12.3 Å². The van der Waals surface area contributed by atoms with Crippen LogP contribution in [0.4, 0.5) is 22.0 Å². The van der Waals surface area contributed by atoms with Crippen LogP contribution in [0.3, 0.4) is 0 Å². The average Bonchev–Trinajstić information content (AvgIpc) is 2.16. The van der Waals surface area contributed by atoms with Crippen molar-refractivity contribution >= 4 is 0 Å². The Balaban J connectivity index is 3.13. The van der Waals surface area contributed by atoms with Gasteiger partial charge in [0.2, 0.25) is 6.17 Å². The van der Waals surface area contributed by atoms with E-state index in [1.807, 2.05) is 0 Å². The summed E-state index contributed by atoms with van der Waals surface area (Å²) >= 11 is 0. The van der Waals surface area contributed by atoms with Crippen molar-refractivity contribution in [2.24, 2.45) is 0 Å². The van der Waals surface area contributed by atoms with E-state index < -0.39 is 29.3 Å². The molecule has 0 amide bonds. The van der Waals surface area contributed by atoms with Gasteiger partial charge < -0.3 is 0 Å². The number of halogens is 5. The minimum atomic E-state index is -5.05. The summed E-state index contributed by atoms with van der Waals surface area (Å²) < 4.78 is 61.2. The van der Waals surface area contributed by atoms with E-state index in [9.17, 15) is 22.0 Å². The zero-order valence-corrected chi connectivity index (χ0v) is 7.15. The molecule has 0 saturated carbocycles. The molecule has 0 heterocycles. The van der Waals surface area contributed by atoms with Gasteiger partial charge in [-0.05, 0) is 17.7 Å². The predicted molar refractivity (Wildman–Crippen MR) is 41.0 cm³/mol. The van der Waals surface area contributed by atoms with Crippen LogP contribution < -0.4 is 0 Å². The Kier molecular flexibility index (Phi) is 2.93. The molecule has 0 aliphatic heterocycles. The van der Waals surface area contributed by atoms with Gasteiger partial charge in [0.15, 0.2) is 0 Å². The lowest BCUT2D eigenvalue weighted by Crippen LogP contribution is -2.16. The van der Waals surface area contributed by atoms with Crippen molar-refractivity contribution in [2.75, 3.05) is 0 Å². The molecule has 0 aromatic heterocycles. The second-order valence-electron chi connectivity index (χ2n) is 2.76. The van der Waals surface area contributed by atoms with Gasteiger partial charge in [-0.25, -0.2) is 8.78 Å². The molecule has 0 fully saturated rings. The smallest absolute Gasteiger partial charge is 0.232 e. The molecule has 1 nitrogen and oxygen atoms in total. The van der Waals surface area contributed by atoms with Gasteiger partial charge in [-0.15, -0.1) is 0 Å². The third kappa shape index (κ3) is 2.43. The van der Waals surface area contributed by atoms with Crippen LogP contribution in [0.15, 0.2) is 18.2 Å². The Morgan fingerprint density at radius 1 is 1.27 bits per heavy atom. The normalized spacial score (nSPS) is 13.3. The van der Waals surface area contributed by atoms with Gasteiger partial charge in [-0.2, -0.15) is 18.4 Å². The monoisotopic (exact) mass is 221 g/mol. The van der Waals surface area contributed by atoms with Crippen molar-refractivity contribution < 1.29 is 22.0 Å². The number of alkyl halides is 4. The SMILES string of the molecule is N#Cc1cc(C(F)C(F)(F)F)ccc1F. The number of hydrogen-bond donors (Lipinski definition) is 0. The lowest BCUT2D eigenvalue weighted by atomic mass is 10.1. The molecule has 0 aliphatic rings. The average molecular weight is 221 g/mol. The number of nitriles is 1. The minimum Gasteiger partial charge on any atom is -0.232 e. The van der Waals surface area contributed by atoms with E-state index in [1.54, 1.807) is 0 Å². The number of rotatable bonds is 1. The minimum absolute atomic E-state index is 0.549. The Labute approximate surface area is 81.7 Å². The molecule has 1 aromatic rings. The van der Waals surface area contributed by atoms with Crippen LogP contribution >= 0.6 is 0 Å². The van der Waals surface area contributed by atoms with E-state index in [0.717, 1.165) is 0 Å². The molecule has 1 atom stereocenters. The maximum absolute atomic E-state index is 12.7. The fourth-order valence-corrected chi connectivity index (χ4v) is 0.975. The number of hydrogen-bond acceptors (Lipinski definition) is 1. The van der Waals surface area contributed by atoms with Crippen LogP contribution in [0.5, 0.6) is 0 Å². The molecule has 1 rings (SSSR count). The van der Waals surface area contributed by atoms with Crippen LogP contribution in [0, 0.1) is 17.1 Å². The van der Waals surface area contributed by atoms with Gasteiger partial charge in [-0.1, -0.05) is 6.07 Å². The van der Waals surface area contributed by atoms with Crippen molar-refractivity contribution in [3.63, 3.8) is 0 Å². The summed E-state index contributed by atoms with van der Waals surface area (Å²) in [7, 11) is 0. The summed E-state index contributed by atoms with van der Waals surface area (Å²) in [4.78, 5) is 0. The molecule has 6 heteroatoms. The highest BCUT2D eigenvalue weighted by atomic mass is 19.4. The largest absolute Gasteiger partial charge is 0.423 e. The second kappa shape index (κ2) is 3.85. The lowest BCUT2D eigenvalue weighted by molar-refractivity contribution is -0.182. The molecule has 0 N–H and O–H groups in total. The molecule has 0 aliphatic carbocycles. The molecule has 1 aromatic carbocycles. The van der Waals surface area contributed by atoms with E-state index in [1.165, 1.54) is 6.07 Å². The third-order valence-electron chi connectivity index (χ3n) is 1.69. The molecular weight excluding hydrogens is 217 g/mol. The quantitative estimate of drug-likeness (QED) is 0.667. The standard InChI is InChI=1S/C9H4F5N/c10-7-2-1-5(3-6(7)4-15)8(11)9(12,13)14/h1-3,8H. The molecule has 15 heavy (non-hydrogen) atoms. The predicted octanol–water partition coefficient (Wildman–Crippen LogP) is 3.27. The zero-order valence-electron chi connectivity index (χ0n) is 7.15. The second-order valence-corrected chi connectivity index (χ2v) is 2.76. The van der Waals surface area contributed by atoms with E-state index in [2.05, 4.69) is 0 Å². The highest BCUT2D eigenvalue weighted by molar-refractivity contribution is 5.35. The van der Waals surface area contributed by atoms with Gasteiger partial charge in [0.25, 0.3) is 0 Å². The fraction of sp³-hybridized carbons (Fsp3) is 0.222. The van der Waals surface area contributed by atoms with Crippen molar-refractivity contribution in [1.82, 2.24) is 0 Å². The first kappa shape index (κ1) is 11.4. The van der Waals surface area contributed by atoms with Gasteiger partial charge in [0, 0.05) is 0 Å². The summed E-state index contributed by atoms with van der Waals surface area (Å²) in [6.07, 6.45) is -8.25. The first-order valence-electron chi connectivity index (χ1n) is 3.76. The van der Waals surface area contributed by atoms with Crippen molar-refractivity contribution in [3.05, 3.63) is 35.1 Å². The topological polar surface area (TPSA) is 23.8 Å². The first-order valence-corrected chi connectivity index (χ1v) is 3.76. The van der Waals surface area contributed by atoms with Crippen molar-refractivity contribution in [3.8, 4) is 6.07 Å². The molecular formula is C9H4F5N. The zero-order chi connectivity index (χ0) is 11.6. The number of nitrogens with zero attached hydrogens (tertiary/aromatic N) is 1. The van der Waals surface area contributed by atoms with Crippen LogP contribution in [0.2, 0.25) is 0 Å². The molecule has 0 spiro atoms. The van der Waals surface area contributed by atoms with Crippen LogP contribution in [0.1, 0.15) is 17.3 Å². The summed E-state index contributed by atoms with van der Waals surface area (Å²) in [5.41, 5.74) is -1.39. The van der Waals surface area contributed by atoms with Gasteiger partial charge in [-0.3, -0.25) is 0 Å². The maximum atomic E-state index is 12.7. The Hall–Kier alpha value is -1.64. The Morgan fingerprint density at radius 2 is 1.87 bits per heavy atom. The fourth-order valence-electron chi connectivity index (χ4n) is 0.975. The Morgan fingerprint density at radius 3 is 2.33 bits per heavy atom. The summed E-state index contributed by atoms with van der Waals surface area (Å²) in [6.45, 7) is 0. The molecule has 0 radical (unpaired) electrons. The highest BCUT2D eigenvalue weighted by Gasteiger charge is 2.41. The summed E-state index contributed by atoms with van der Waals surface area (Å²) in [5.74, 6) is -0.976. The third-order valence-corrected chi connectivity index (χ3v) is 1.69. The van der Waals surface area contributed by atoms with Gasteiger partial charge >= 0.3 is 6.18 Å². The summed E-state index contributed by atoms with van der Waals surface area (Å²) in [6, 6.07) is 3.17. The van der Waals surface area contributed by atoms with E-state index in [-0.39, 0.29) is 0 Å². The maximum Gasteiger partial charge on any atom is 0.423 e.